The van der Waals surface area contributed by atoms with E-state index in [1.165, 1.54) is 5.56 Å². The summed E-state index contributed by atoms with van der Waals surface area (Å²) in [6.07, 6.45) is 2.46. The molecule has 16 heavy (non-hydrogen) atoms. The van der Waals surface area contributed by atoms with E-state index >= 15 is 0 Å². The van der Waals surface area contributed by atoms with Crippen molar-refractivity contribution in [1.29, 1.82) is 0 Å². The van der Waals surface area contributed by atoms with Gasteiger partial charge in [-0.3, -0.25) is 4.79 Å². The quantitative estimate of drug-likeness (QED) is 0.781. The maximum Gasteiger partial charge on any atom is 0.227 e. The Bertz CT molecular complexity index is 389. The Morgan fingerprint density at radius 2 is 2.25 bits per heavy atom. The molecule has 1 aromatic rings. The van der Waals surface area contributed by atoms with Crippen LogP contribution in [0.15, 0.2) is 24.3 Å². The molecule has 0 aliphatic carbocycles. The standard InChI is InChI=1S/C13H18N2O/c1-10-4-2-6-12(8-10)15-9-11(14)5-3-7-13(15)16/h2,4,6,8,11H,3,5,7,9,14H2,1H3. The summed E-state index contributed by atoms with van der Waals surface area (Å²) in [7, 11) is 0. The smallest absolute Gasteiger partial charge is 0.227 e. The summed E-state index contributed by atoms with van der Waals surface area (Å²) < 4.78 is 0. The number of benzene rings is 1. The van der Waals surface area contributed by atoms with Crippen LogP contribution in [0.2, 0.25) is 0 Å². The molecule has 86 valence electrons. The topological polar surface area (TPSA) is 46.3 Å². The predicted molar refractivity (Wildman–Crippen MR) is 65.4 cm³/mol. The van der Waals surface area contributed by atoms with Gasteiger partial charge in [0, 0.05) is 24.7 Å². The van der Waals surface area contributed by atoms with Gasteiger partial charge in [-0.1, -0.05) is 12.1 Å². The monoisotopic (exact) mass is 218 g/mol. The van der Waals surface area contributed by atoms with E-state index in [-0.39, 0.29) is 11.9 Å². The normalized spacial score (nSPS) is 22.0. The van der Waals surface area contributed by atoms with Gasteiger partial charge in [0.05, 0.1) is 0 Å². The molecule has 2 N–H and O–H groups in total. The number of amides is 1. The van der Waals surface area contributed by atoms with Crippen LogP contribution in [0.4, 0.5) is 5.69 Å². The Balaban J connectivity index is 2.26. The predicted octanol–water partition coefficient (Wildman–Crippen LogP) is 1.84. The number of rotatable bonds is 1. The largest absolute Gasteiger partial charge is 0.326 e. The van der Waals surface area contributed by atoms with Gasteiger partial charge >= 0.3 is 0 Å². The van der Waals surface area contributed by atoms with Gasteiger partial charge in [-0.05, 0) is 37.5 Å². The van der Waals surface area contributed by atoms with Gasteiger partial charge in [-0.15, -0.1) is 0 Å². The second kappa shape index (κ2) is 4.66. The highest BCUT2D eigenvalue weighted by Gasteiger charge is 2.22. The van der Waals surface area contributed by atoms with Crippen LogP contribution in [0, 0.1) is 6.92 Å². The molecule has 1 unspecified atom stereocenters. The van der Waals surface area contributed by atoms with Gasteiger partial charge in [0.2, 0.25) is 5.91 Å². The molecule has 0 aromatic heterocycles. The molecule has 1 amide bonds. The SMILES string of the molecule is Cc1cccc(N2CC(N)CCCC2=O)c1. The average Bonchev–Trinajstić information content (AvgIpc) is 2.41. The van der Waals surface area contributed by atoms with Gasteiger partial charge in [0.1, 0.15) is 0 Å². The summed E-state index contributed by atoms with van der Waals surface area (Å²) in [4.78, 5) is 13.8. The molecule has 1 fully saturated rings. The van der Waals surface area contributed by atoms with Crippen molar-refractivity contribution in [3.05, 3.63) is 29.8 Å². The Hall–Kier alpha value is -1.35. The lowest BCUT2D eigenvalue weighted by atomic mass is 10.1. The summed E-state index contributed by atoms with van der Waals surface area (Å²) >= 11 is 0. The molecule has 0 radical (unpaired) electrons. The molecule has 1 heterocycles. The van der Waals surface area contributed by atoms with Crippen LogP contribution in [-0.2, 0) is 4.79 Å². The lowest BCUT2D eigenvalue weighted by Crippen LogP contribution is -2.38. The fraction of sp³-hybridized carbons (Fsp3) is 0.462. The van der Waals surface area contributed by atoms with Gasteiger partial charge < -0.3 is 10.6 Å². The van der Waals surface area contributed by atoms with Crippen molar-refractivity contribution in [2.24, 2.45) is 5.73 Å². The first-order valence-corrected chi connectivity index (χ1v) is 5.79. The molecule has 1 aromatic carbocycles. The summed E-state index contributed by atoms with van der Waals surface area (Å²) in [5.74, 6) is 0.193. The second-order valence-electron chi connectivity index (χ2n) is 4.50. The van der Waals surface area contributed by atoms with Crippen LogP contribution in [0.25, 0.3) is 0 Å². The van der Waals surface area contributed by atoms with E-state index in [9.17, 15) is 4.79 Å². The molecule has 0 spiro atoms. The fourth-order valence-electron chi connectivity index (χ4n) is 2.12. The highest BCUT2D eigenvalue weighted by Crippen LogP contribution is 2.20. The number of carbonyl (C=O) groups is 1. The maximum atomic E-state index is 11.9. The number of aryl methyl sites for hydroxylation is 1. The van der Waals surface area contributed by atoms with Crippen LogP contribution in [0.1, 0.15) is 24.8 Å². The van der Waals surface area contributed by atoms with Crippen molar-refractivity contribution >= 4 is 11.6 Å². The lowest BCUT2D eigenvalue weighted by Gasteiger charge is -2.23. The summed E-state index contributed by atoms with van der Waals surface area (Å²) in [6.45, 7) is 2.67. The van der Waals surface area contributed by atoms with Crippen molar-refractivity contribution in [3.8, 4) is 0 Å². The van der Waals surface area contributed by atoms with Crippen LogP contribution in [-0.4, -0.2) is 18.5 Å². The first kappa shape index (κ1) is 11.1. The number of hydrogen-bond acceptors (Lipinski definition) is 2. The Morgan fingerprint density at radius 3 is 3.00 bits per heavy atom. The van der Waals surface area contributed by atoms with Crippen LogP contribution in [0.3, 0.4) is 0 Å². The Morgan fingerprint density at radius 1 is 1.44 bits per heavy atom. The Kier molecular flexibility index (Phi) is 3.25. The highest BCUT2D eigenvalue weighted by atomic mass is 16.2. The molecule has 1 aliphatic rings. The van der Waals surface area contributed by atoms with Gasteiger partial charge in [-0.25, -0.2) is 0 Å². The molecule has 2 rings (SSSR count). The van der Waals surface area contributed by atoms with Crippen LogP contribution in [0.5, 0.6) is 0 Å². The first-order valence-electron chi connectivity index (χ1n) is 5.79. The van der Waals surface area contributed by atoms with Crippen LogP contribution >= 0.6 is 0 Å². The fourth-order valence-corrected chi connectivity index (χ4v) is 2.12. The number of nitrogens with two attached hydrogens (primary N) is 1. The van der Waals surface area contributed by atoms with E-state index in [1.54, 1.807) is 0 Å². The minimum atomic E-state index is 0.104. The Labute approximate surface area is 96.2 Å². The first-order chi connectivity index (χ1) is 7.66. The van der Waals surface area contributed by atoms with E-state index in [1.807, 2.05) is 36.1 Å². The van der Waals surface area contributed by atoms with Gasteiger partial charge in [0.15, 0.2) is 0 Å². The zero-order valence-corrected chi connectivity index (χ0v) is 9.65. The molecular weight excluding hydrogens is 200 g/mol. The summed E-state index contributed by atoms with van der Waals surface area (Å²) in [6, 6.07) is 8.13. The lowest BCUT2D eigenvalue weighted by molar-refractivity contribution is -0.118. The van der Waals surface area contributed by atoms with Gasteiger partial charge in [-0.2, -0.15) is 0 Å². The summed E-state index contributed by atoms with van der Waals surface area (Å²) in [5.41, 5.74) is 8.11. The molecule has 0 bridgehead atoms. The van der Waals surface area contributed by atoms with Crippen molar-refractivity contribution in [1.82, 2.24) is 0 Å². The van der Waals surface area contributed by atoms with E-state index in [0.717, 1.165) is 18.5 Å². The van der Waals surface area contributed by atoms with E-state index in [4.69, 9.17) is 5.73 Å². The third-order valence-electron chi connectivity index (χ3n) is 3.00. The zero-order valence-electron chi connectivity index (χ0n) is 9.65. The summed E-state index contributed by atoms with van der Waals surface area (Å²) in [5, 5.41) is 0. The molecule has 3 nitrogen and oxygen atoms in total. The zero-order chi connectivity index (χ0) is 11.5. The van der Waals surface area contributed by atoms with Crippen molar-refractivity contribution in [2.75, 3.05) is 11.4 Å². The molecule has 3 heteroatoms. The van der Waals surface area contributed by atoms with E-state index in [2.05, 4.69) is 0 Å². The number of carbonyl (C=O) groups excluding carboxylic acids is 1. The molecule has 1 atom stereocenters. The van der Waals surface area contributed by atoms with E-state index < -0.39 is 0 Å². The van der Waals surface area contributed by atoms with E-state index in [0.29, 0.717) is 13.0 Å². The maximum absolute atomic E-state index is 11.9. The van der Waals surface area contributed by atoms with Crippen molar-refractivity contribution < 1.29 is 4.79 Å². The van der Waals surface area contributed by atoms with Crippen molar-refractivity contribution in [3.63, 3.8) is 0 Å². The number of nitrogens with zero attached hydrogens (tertiary/aromatic N) is 1. The third kappa shape index (κ3) is 2.42. The molecule has 1 saturated heterocycles. The molecule has 0 saturated carbocycles. The molecular formula is C13H18N2O. The number of anilines is 1. The van der Waals surface area contributed by atoms with Gasteiger partial charge in [0.25, 0.3) is 0 Å². The minimum Gasteiger partial charge on any atom is -0.326 e. The highest BCUT2D eigenvalue weighted by molar-refractivity contribution is 5.93. The molecule has 1 aliphatic heterocycles. The average molecular weight is 218 g/mol. The van der Waals surface area contributed by atoms with Crippen LogP contribution < -0.4 is 10.6 Å². The number of hydrogen-bond donors (Lipinski definition) is 1. The second-order valence-corrected chi connectivity index (χ2v) is 4.50. The minimum absolute atomic E-state index is 0.104. The third-order valence-corrected chi connectivity index (χ3v) is 3.00. The van der Waals surface area contributed by atoms with Crippen molar-refractivity contribution in [2.45, 2.75) is 32.2 Å².